The quantitative estimate of drug-likeness (QED) is 0.649. The van der Waals surface area contributed by atoms with Crippen molar-refractivity contribution in [3.05, 3.63) is 48.0 Å². The molecular formula is C13H12O2. The van der Waals surface area contributed by atoms with Gasteiger partial charge in [-0.25, -0.2) is 0 Å². The number of ketones is 1. The summed E-state index contributed by atoms with van der Waals surface area (Å²) in [7, 11) is 0. The van der Waals surface area contributed by atoms with Gasteiger partial charge in [0.2, 0.25) is 0 Å². The van der Waals surface area contributed by atoms with E-state index in [1.165, 1.54) is 0 Å². The summed E-state index contributed by atoms with van der Waals surface area (Å²) >= 11 is 0. The Morgan fingerprint density at radius 3 is 2.73 bits per heavy atom. The minimum absolute atomic E-state index is 0.0301. The zero-order valence-electron chi connectivity index (χ0n) is 8.30. The highest BCUT2D eigenvalue weighted by Crippen LogP contribution is 2.35. The number of benzene rings is 1. The van der Waals surface area contributed by atoms with Gasteiger partial charge in [-0.15, -0.1) is 0 Å². The van der Waals surface area contributed by atoms with Crippen LogP contribution in [0.15, 0.2) is 42.5 Å². The molecule has 0 aliphatic carbocycles. The molecule has 2 nitrogen and oxygen atoms in total. The van der Waals surface area contributed by atoms with Gasteiger partial charge in [-0.3, -0.25) is 4.79 Å². The van der Waals surface area contributed by atoms with Gasteiger partial charge in [-0.2, -0.15) is 0 Å². The van der Waals surface area contributed by atoms with Gasteiger partial charge in [0.15, 0.2) is 0 Å². The van der Waals surface area contributed by atoms with Crippen LogP contribution in [0.5, 0.6) is 0 Å². The first-order chi connectivity index (χ1) is 7.34. The van der Waals surface area contributed by atoms with Gasteiger partial charge in [0.25, 0.3) is 0 Å². The van der Waals surface area contributed by atoms with Crippen molar-refractivity contribution < 1.29 is 9.53 Å². The SMILES string of the molecule is O=C1CC2C=CC(O2)C1c1ccccc1. The van der Waals surface area contributed by atoms with Gasteiger partial charge in [0.05, 0.1) is 18.1 Å². The maximum atomic E-state index is 11.9. The Morgan fingerprint density at radius 1 is 1.13 bits per heavy atom. The molecule has 2 heteroatoms. The van der Waals surface area contributed by atoms with Crippen molar-refractivity contribution in [3.63, 3.8) is 0 Å². The maximum Gasteiger partial charge on any atom is 0.146 e. The molecule has 1 saturated heterocycles. The van der Waals surface area contributed by atoms with E-state index >= 15 is 0 Å². The van der Waals surface area contributed by atoms with Gasteiger partial charge in [-0.1, -0.05) is 42.5 Å². The molecule has 2 heterocycles. The van der Waals surface area contributed by atoms with E-state index < -0.39 is 0 Å². The molecule has 0 N–H and O–H groups in total. The van der Waals surface area contributed by atoms with Crippen LogP contribution < -0.4 is 0 Å². The molecule has 76 valence electrons. The van der Waals surface area contributed by atoms with Crippen molar-refractivity contribution in [2.45, 2.75) is 24.5 Å². The minimum atomic E-state index is -0.0961. The second-order valence-electron chi connectivity index (χ2n) is 4.08. The second kappa shape index (κ2) is 3.31. The van der Waals surface area contributed by atoms with E-state index in [0.29, 0.717) is 12.2 Å². The molecule has 0 spiro atoms. The highest BCUT2D eigenvalue weighted by Gasteiger charge is 2.39. The molecule has 3 rings (SSSR count). The van der Waals surface area contributed by atoms with Crippen LogP contribution in [0.4, 0.5) is 0 Å². The normalized spacial score (nSPS) is 33.3. The summed E-state index contributed by atoms with van der Waals surface area (Å²) in [6.07, 6.45) is 4.53. The third-order valence-electron chi connectivity index (χ3n) is 3.08. The molecule has 1 fully saturated rings. The van der Waals surface area contributed by atoms with E-state index in [9.17, 15) is 4.79 Å². The average molecular weight is 200 g/mol. The summed E-state index contributed by atoms with van der Waals surface area (Å²) < 4.78 is 5.70. The Labute approximate surface area is 88.6 Å². The van der Waals surface area contributed by atoms with E-state index in [1.54, 1.807) is 0 Å². The summed E-state index contributed by atoms with van der Waals surface area (Å²) in [4.78, 5) is 11.9. The lowest BCUT2D eigenvalue weighted by Crippen LogP contribution is -2.34. The Balaban J connectivity index is 1.98. The van der Waals surface area contributed by atoms with Crippen molar-refractivity contribution in [3.8, 4) is 0 Å². The molecule has 2 aliphatic rings. The average Bonchev–Trinajstić information content (AvgIpc) is 2.62. The van der Waals surface area contributed by atoms with Gasteiger partial charge in [0.1, 0.15) is 5.78 Å². The number of Topliss-reactive ketones (excluding diaryl/α,β-unsaturated/α-hetero) is 1. The van der Waals surface area contributed by atoms with Crippen LogP contribution in [0.25, 0.3) is 0 Å². The topological polar surface area (TPSA) is 26.3 Å². The van der Waals surface area contributed by atoms with Crippen LogP contribution in [0.3, 0.4) is 0 Å². The van der Waals surface area contributed by atoms with Crippen molar-refractivity contribution in [1.82, 2.24) is 0 Å². The van der Waals surface area contributed by atoms with Crippen LogP contribution in [0.1, 0.15) is 17.9 Å². The molecule has 3 atom stereocenters. The van der Waals surface area contributed by atoms with Crippen LogP contribution in [0, 0.1) is 0 Å². The molecule has 15 heavy (non-hydrogen) atoms. The highest BCUT2D eigenvalue weighted by atomic mass is 16.5. The smallest absolute Gasteiger partial charge is 0.146 e. The first kappa shape index (κ1) is 8.86. The van der Waals surface area contributed by atoms with E-state index in [4.69, 9.17) is 4.74 Å². The fourth-order valence-corrected chi connectivity index (χ4v) is 2.38. The lowest BCUT2D eigenvalue weighted by molar-refractivity contribution is -0.131. The number of fused-ring (bicyclic) bond motifs is 2. The number of carbonyl (C=O) groups is 1. The van der Waals surface area contributed by atoms with Crippen molar-refractivity contribution >= 4 is 5.78 Å². The molecule has 0 amide bonds. The van der Waals surface area contributed by atoms with E-state index in [1.807, 2.05) is 42.5 Å². The molecule has 3 unspecified atom stereocenters. The molecule has 0 radical (unpaired) electrons. The van der Waals surface area contributed by atoms with Gasteiger partial charge in [0, 0.05) is 6.42 Å². The lowest BCUT2D eigenvalue weighted by Gasteiger charge is -2.28. The summed E-state index contributed by atoms with van der Waals surface area (Å²) in [6.45, 7) is 0. The Hall–Kier alpha value is -1.41. The Bertz CT molecular complexity index is 408. The summed E-state index contributed by atoms with van der Waals surface area (Å²) in [5, 5.41) is 0. The minimum Gasteiger partial charge on any atom is -0.365 e. The first-order valence-corrected chi connectivity index (χ1v) is 5.26. The maximum absolute atomic E-state index is 11.9. The van der Waals surface area contributed by atoms with Crippen LogP contribution in [-0.2, 0) is 9.53 Å². The van der Waals surface area contributed by atoms with Gasteiger partial charge >= 0.3 is 0 Å². The number of hydrogen-bond donors (Lipinski definition) is 0. The molecule has 1 aromatic carbocycles. The summed E-state index contributed by atoms with van der Waals surface area (Å²) in [6, 6.07) is 9.89. The van der Waals surface area contributed by atoms with Crippen molar-refractivity contribution in [1.29, 1.82) is 0 Å². The highest BCUT2D eigenvalue weighted by molar-refractivity contribution is 5.88. The van der Waals surface area contributed by atoms with Crippen LogP contribution in [0.2, 0.25) is 0 Å². The molecular weight excluding hydrogens is 188 g/mol. The van der Waals surface area contributed by atoms with Crippen LogP contribution >= 0.6 is 0 Å². The standard InChI is InChI=1S/C13H12O2/c14-11-8-10-6-7-12(15-10)13(11)9-4-2-1-3-5-9/h1-7,10,12-13H,8H2. The Kier molecular flexibility index (Phi) is 1.96. The zero-order valence-corrected chi connectivity index (χ0v) is 8.30. The summed E-state index contributed by atoms with van der Waals surface area (Å²) in [5.41, 5.74) is 1.07. The monoisotopic (exact) mass is 200 g/mol. The number of hydrogen-bond acceptors (Lipinski definition) is 2. The fourth-order valence-electron chi connectivity index (χ4n) is 2.38. The molecule has 1 aromatic rings. The third kappa shape index (κ3) is 1.41. The number of rotatable bonds is 1. The Morgan fingerprint density at radius 2 is 1.93 bits per heavy atom. The third-order valence-corrected chi connectivity index (χ3v) is 3.08. The fraction of sp³-hybridized carbons (Fsp3) is 0.308. The van der Waals surface area contributed by atoms with E-state index in [0.717, 1.165) is 5.56 Å². The molecule has 0 saturated carbocycles. The molecule has 2 bridgehead atoms. The predicted molar refractivity (Wildman–Crippen MR) is 56.6 cm³/mol. The van der Waals surface area contributed by atoms with Gasteiger partial charge in [-0.05, 0) is 5.56 Å². The molecule has 0 aromatic heterocycles. The predicted octanol–water partition coefficient (Wildman–Crippen LogP) is 2.07. The number of ether oxygens (including phenoxy) is 1. The van der Waals surface area contributed by atoms with E-state index in [-0.39, 0.29) is 18.1 Å². The first-order valence-electron chi connectivity index (χ1n) is 5.26. The summed E-state index contributed by atoms with van der Waals surface area (Å²) in [5.74, 6) is 0.202. The lowest BCUT2D eigenvalue weighted by atomic mass is 9.87. The van der Waals surface area contributed by atoms with Crippen molar-refractivity contribution in [2.24, 2.45) is 0 Å². The molecule has 2 aliphatic heterocycles. The number of carbonyl (C=O) groups excluding carboxylic acids is 1. The van der Waals surface area contributed by atoms with Crippen LogP contribution in [-0.4, -0.2) is 18.0 Å². The largest absolute Gasteiger partial charge is 0.365 e. The van der Waals surface area contributed by atoms with E-state index in [2.05, 4.69) is 0 Å². The zero-order chi connectivity index (χ0) is 10.3. The second-order valence-corrected chi connectivity index (χ2v) is 4.08. The van der Waals surface area contributed by atoms with Crippen molar-refractivity contribution in [2.75, 3.05) is 0 Å². The van der Waals surface area contributed by atoms with Gasteiger partial charge < -0.3 is 4.74 Å².